The first-order valence-corrected chi connectivity index (χ1v) is 6.95. The largest absolute Gasteiger partial charge is 0.294 e. The number of carbonyl (C=O) groups excluding carboxylic acids is 1. The van der Waals surface area contributed by atoms with Crippen molar-refractivity contribution in [3.05, 3.63) is 0 Å². The quantitative estimate of drug-likeness (QED) is 0.533. The molecule has 1 atom stereocenters. The van der Waals surface area contributed by atoms with Crippen molar-refractivity contribution in [2.45, 2.75) is 13.3 Å². The molecule has 0 aliphatic carbocycles. The highest BCUT2D eigenvalue weighted by Crippen LogP contribution is 2.55. The molecule has 0 bridgehead atoms. The van der Waals surface area contributed by atoms with Gasteiger partial charge in [0.25, 0.3) is 6.65 Å². The third kappa shape index (κ3) is 3.61. The van der Waals surface area contributed by atoms with E-state index >= 15 is 0 Å². The molecular weight excluding hydrogens is 195 g/mol. The zero-order valence-electron chi connectivity index (χ0n) is 7.61. The van der Waals surface area contributed by atoms with Crippen molar-refractivity contribution in [1.29, 1.82) is 0 Å². The van der Waals surface area contributed by atoms with Crippen LogP contribution in [-0.4, -0.2) is 30.9 Å². The van der Waals surface area contributed by atoms with Crippen LogP contribution in [0.3, 0.4) is 0 Å². The van der Waals surface area contributed by atoms with E-state index in [1.807, 2.05) is 6.92 Å². The zero-order chi connectivity index (χ0) is 9.61. The molecule has 0 aromatic carbocycles. The summed E-state index contributed by atoms with van der Waals surface area (Å²) in [6.07, 6.45) is 1.44. The third-order valence-electron chi connectivity index (χ3n) is 1.21. The maximum atomic E-state index is 11.8. The van der Waals surface area contributed by atoms with Crippen LogP contribution in [-0.2, 0) is 9.36 Å². The van der Waals surface area contributed by atoms with Gasteiger partial charge in [0.1, 0.15) is 0 Å². The Morgan fingerprint density at radius 2 is 2.17 bits per heavy atom. The highest BCUT2D eigenvalue weighted by Gasteiger charge is 2.23. The van der Waals surface area contributed by atoms with Crippen molar-refractivity contribution in [3.63, 3.8) is 0 Å². The lowest BCUT2D eigenvalue weighted by Crippen LogP contribution is -2.18. The van der Waals surface area contributed by atoms with Crippen LogP contribution in [0.15, 0.2) is 0 Å². The predicted molar refractivity (Wildman–Crippen MR) is 53.2 cm³/mol. The number of hydrogen-bond acceptors (Lipinski definition) is 3. The molecule has 0 rings (SSSR count). The van der Waals surface area contributed by atoms with E-state index in [1.165, 1.54) is 11.4 Å². The van der Waals surface area contributed by atoms with Crippen molar-refractivity contribution in [2.24, 2.45) is 0 Å². The van der Waals surface area contributed by atoms with Gasteiger partial charge in [-0.1, -0.05) is 18.3 Å². The lowest BCUT2D eigenvalue weighted by atomic mass is 10.6. The number of hydrogen-bond donors (Lipinski definition) is 1. The van der Waals surface area contributed by atoms with Gasteiger partial charge in [0, 0.05) is 5.75 Å². The Bertz CT molecular complexity index is 186. The maximum Gasteiger partial charge on any atom is 0.294 e. The summed E-state index contributed by atoms with van der Waals surface area (Å²) in [6.45, 7) is -0.668. The van der Waals surface area contributed by atoms with Crippen LogP contribution in [0.5, 0.6) is 0 Å². The van der Waals surface area contributed by atoms with Crippen molar-refractivity contribution >= 4 is 24.4 Å². The Balaban J connectivity index is 4.19. The molecule has 0 aromatic rings. The van der Waals surface area contributed by atoms with E-state index in [0.29, 0.717) is 6.41 Å². The number of amides is 1. The van der Waals surface area contributed by atoms with Crippen LogP contribution < -0.4 is 5.09 Å². The Morgan fingerprint density at radius 1 is 1.58 bits per heavy atom. The second-order valence-electron chi connectivity index (χ2n) is 2.45. The first kappa shape index (κ1) is 12.0. The van der Waals surface area contributed by atoms with Gasteiger partial charge in [0.15, 0.2) is 0 Å². The minimum Gasteiger partial charge on any atom is -0.289 e. The standard InChI is InChI=1S/C6H15N2O2PS/c1-4-5-12-11(10,7-6-9)8(2)3/h6H,4-5H2,1-3H3,(H,7,9,10). The number of carbonyl (C=O) groups is 1. The minimum atomic E-state index is -2.68. The number of rotatable bonds is 6. The van der Waals surface area contributed by atoms with Gasteiger partial charge in [-0.3, -0.25) is 14.4 Å². The molecule has 0 fully saturated rings. The normalized spacial score (nSPS) is 15.7. The SMILES string of the molecule is CCCSP(=O)(NC=O)N(C)C. The molecule has 1 amide bonds. The molecule has 0 heterocycles. The van der Waals surface area contributed by atoms with E-state index in [9.17, 15) is 9.36 Å². The van der Waals surface area contributed by atoms with Gasteiger partial charge in [-0.25, -0.2) is 4.67 Å². The van der Waals surface area contributed by atoms with Crippen LogP contribution in [0.25, 0.3) is 0 Å². The summed E-state index contributed by atoms with van der Waals surface area (Å²) in [5.41, 5.74) is 0. The maximum absolute atomic E-state index is 11.8. The van der Waals surface area contributed by atoms with Crippen LogP contribution in [0.4, 0.5) is 0 Å². The van der Waals surface area contributed by atoms with Gasteiger partial charge < -0.3 is 0 Å². The van der Waals surface area contributed by atoms with E-state index in [2.05, 4.69) is 5.09 Å². The Hall–Kier alpha value is 0.0100. The van der Waals surface area contributed by atoms with E-state index in [1.54, 1.807) is 18.8 Å². The Morgan fingerprint density at radius 3 is 2.50 bits per heavy atom. The average molecular weight is 210 g/mol. The van der Waals surface area contributed by atoms with Crippen molar-refractivity contribution in [2.75, 3.05) is 19.8 Å². The van der Waals surface area contributed by atoms with Crippen LogP contribution in [0.1, 0.15) is 13.3 Å². The molecule has 0 aliphatic heterocycles. The minimum absolute atomic E-state index is 0.490. The first-order valence-electron chi connectivity index (χ1n) is 3.70. The molecule has 1 unspecified atom stereocenters. The predicted octanol–water partition coefficient (Wildman–Crippen LogP) is 1.55. The molecule has 0 saturated carbocycles. The molecule has 0 saturated heterocycles. The summed E-state index contributed by atoms with van der Waals surface area (Å²) in [5.74, 6) is 0.788. The van der Waals surface area contributed by atoms with E-state index in [0.717, 1.165) is 12.2 Å². The fraction of sp³-hybridized carbons (Fsp3) is 0.833. The summed E-state index contributed by atoms with van der Waals surface area (Å²) < 4.78 is 13.4. The fourth-order valence-electron chi connectivity index (χ4n) is 0.550. The molecule has 0 radical (unpaired) electrons. The topological polar surface area (TPSA) is 49.4 Å². The molecule has 4 nitrogen and oxygen atoms in total. The van der Waals surface area contributed by atoms with Gasteiger partial charge in [-0.05, 0) is 20.5 Å². The highest BCUT2D eigenvalue weighted by molar-refractivity contribution is 8.56. The molecule has 6 heteroatoms. The monoisotopic (exact) mass is 210 g/mol. The number of nitrogens with zero attached hydrogens (tertiary/aromatic N) is 1. The summed E-state index contributed by atoms with van der Waals surface area (Å²) in [4.78, 5) is 10.2. The molecule has 0 aliphatic rings. The lowest BCUT2D eigenvalue weighted by molar-refractivity contribution is -0.108. The lowest BCUT2D eigenvalue weighted by Gasteiger charge is -2.22. The smallest absolute Gasteiger partial charge is 0.289 e. The van der Waals surface area contributed by atoms with E-state index in [-0.39, 0.29) is 0 Å². The molecule has 0 aromatic heterocycles. The first-order chi connectivity index (χ1) is 5.56. The Kier molecular flexibility index (Phi) is 5.63. The highest BCUT2D eigenvalue weighted by atomic mass is 32.7. The second kappa shape index (κ2) is 5.62. The fourth-order valence-corrected chi connectivity index (χ4v) is 3.99. The van der Waals surface area contributed by atoms with Gasteiger partial charge in [0.05, 0.1) is 0 Å². The summed E-state index contributed by atoms with van der Waals surface area (Å²) in [5, 5.41) is 2.36. The Labute approximate surface area is 77.3 Å². The number of nitrogens with one attached hydrogen (secondary N) is 1. The molecule has 72 valence electrons. The van der Waals surface area contributed by atoms with Crippen LogP contribution in [0, 0.1) is 0 Å². The van der Waals surface area contributed by atoms with Gasteiger partial charge in [0.2, 0.25) is 6.41 Å². The molecule has 1 N–H and O–H groups in total. The second-order valence-corrected chi connectivity index (χ2v) is 7.47. The molecule has 12 heavy (non-hydrogen) atoms. The summed E-state index contributed by atoms with van der Waals surface area (Å²) in [7, 11) is 3.39. The van der Waals surface area contributed by atoms with Gasteiger partial charge >= 0.3 is 0 Å². The van der Waals surface area contributed by atoms with Crippen LogP contribution >= 0.6 is 18.0 Å². The third-order valence-corrected chi connectivity index (χ3v) is 6.53. The average Bonchev–Trinajstić information content (AvgIpc) is 2.01. The van der Waals surface area contributed by atoms with Crippen LogP contribution in [0.2, 0.25) is 0 Å². The zero-order valence-corrected chi connectivity index (χ0v) is 9.32. The van der Waals surface area contributed by atoms with Crippen molar-refractivity contribution < 1.29 is 9.36 Å². The van der Waals surface area contributed by atoms with Gasteiger partial charge in [-0.2, -0.15) is 0 Å². The van der Waals surface area contributed by atoms with E-state index < -0.39 is 6.65 Å². The van der Waals surface area contributed by atoms with E-state index in [4.69, 9.17) is 0 Å². The summed E-state index contributed by atoms with van der Waals surface area (Å²) in [6, 6.07) is 0. The summed E-state index contributed by atoms with van der Waals surface area (Å²) >= 11 is 1.30. The molecule has 0 spiro atoms. The van der Waals surface area contributed by atoms with Gasteiger partial charge in [-0.15, -0.1) is 0 Å². The van der Waals surface area contributed by atoms with Crippen molar-refractivity contribution in [3.8, 4) is 0 Å². The molecular formula is C6H15N2O2PS. The van der Waals surface area contributed by atoms with Crippen molar-refractivity contribution in [1.82, 2.24) is 9.76 Å².